The molecule has 47 heavy (non-hydrogen) atoms. The Kier molecular flexibility index (Phi) is 8.81. The SMILES string of the molecule is CC(=O)O[C@H]1[C@H](n2ccc3c(C)ncnc32)O[C@H](C(=O)c2cc(C(F)F)c(F)c3c2CN(C(=O)OC(C)(C)C)CC3)[C@@]1(C)OC(C)=O. The summed E-state index contributed by atoms with van der Waals surface area (Å²) in [4.78, 5) is 62.1. The molecular weight excluding hydrogens is 625 g/mol. The van der Waals surface area contributed by atoms with E-state index in [9.17, 15) is 28.0 Å². The van der Waals surface area contributed by atoms with Gasteiger partial charge < -0.3 is 28.4 Å². The number of nitrogens with zero attached hydrogens (tertiary/aromatic N) is 4. The standard InChI is InChI=1S/C32H35F3N4O8/c1-15-18-9-11-39(28(18)37-14-36-15)29-26(44-16(2)40)32(7,46-17(3)41)25(45-29)24(42)20-12-21(27(34)35)23(33)19-8-10-38(13-22(19)20)30(43)47-31(4,5)6/h9,11-12,14,25-27,29H,8,10,13H2,1-7H3/t25-,26+,29-,32-/m1/s1. The molecule has 4 heterocycles. The van der Waals surface area contributed by atoms with Crippen LogP contribution in [0.5, 0.6) is 0 Å². The fraction of sp³-hybridized carbons (Fsp3) is 0.500. The molecule has 3 aromatic rings. The predicted molar refractivity (Wildman–Crippen MR) is 158 cm³/mol. The summed E-state index contributed by atoms with van der Waals surface area (Å²) in [6, 6.07) is 2.42. The van der Waals surface area contributed by atoms with Crippen LogP contribution in [0.2, 0.25) is 0 Å². The van der Waals surface area contributed by atoms with Crippen molar-refractivity contribution in [3.8, 4) is 0 Å². The molecule has 0 radical (unpaired) electrons. The van der Waals surface area contributed by atoms with Gasteiger partial charge in [0.15, 0.2) is 29.8 Å². The third-order valence-electron chi connectivity index (χ3n) is 8.14. The van der Waals surface area contributed by atoms with E-state index in [2.05, 4.69) is 9.97 Å². The Morgan fingerprint density at radius 1 is 1.11 bits per heavy atom. The Labute approximate surface area is 268 Å². The number of carbonyl (C=O) groups is 4. The van der Waals surface area contributed by atoms with E-state index in [1.807, 2.05) is 0 Å². The zero-order chi connectivity index (χ0) is 34.6. The molecule has 1 fully saturated rings. The van der Waals surface area contributed by atoms with Crippen LogP contribution in [-0.2, 0) is 41.5 Å². The van der Waals surface area contributed by atoms with Gasteiger partial charge in [-0.15, -0.1) is 0 Å². The maximum Gasteiger partial charge on any atom is 0.410 e. The molecule has 1 amide bonds. The van der Waals surface area contributed by atoms with Gasteiger partial charge in [0.2, 0.25) is 0 Å². The van der Waals surface area contributed by atoms with Gasteiger partial charge in [0, 0.05) is 37.5 Å². The number of rotatable bonds is 6. The van der Waals surface area contributed by atoms with Crippen molar-refractivity contribution < 1.29 is 51.3 Å². The van der Waals surface area contributed by atoms with Crippen molar-refractivity contribution >= 4 is 34.8 Å². The van der Waals surface area contributed by atoms with Gasteiger partial charge in [-0.25, -0.2) is 27.9 Å². The van der Waals surface area contributed by atoms with Crippen LogP contribution in [0, 0.1) is 12.7 Å². The minimum atomic E-state index is -3.28. The average Bonchev–Trinajstić information content (AvgIpc) is 3.50. The molecule has 4 atom stereocenters. The predicted octanol–water partition coefficient (Wildman–Crippen LogP) is 5.14. The first kappa shape index (κ1) is 33.8. The Bertz CT molecular complexity index is 1770. The average molecular weight is 661 g/mol. The molecule has 12 nitrogen and oxygen atoms in total. The van der Waals surface area contributed by atoms with E-state index in [1.165, 1.54) is 22.7 Å². The highest BCUT2D eigenvalue weighted by Gasteiger charge is 2.62. The molecule has 0 unspecified atom stereocenters. The van der Waals surface area contributed by atoms with Gasteiger partial charge in [-0.05, 0) is 64.3 Å². The molecule has 1 saturated heterocycles. The van der Waals surface area contributed by atoms with Crippen LogP contribution in [-0.4, -0.2) is 73.2 Å². The van der Waals surface area contributed by atoms with Gasteiger partial charge in [0.25, 0.3) is 6.43 Å². The van der Waals surface area contributed by atoms with E-state index in [0.29, 0.717) is 16.7 Å². The lowest BCUT2D eigenvalue weighted by Crippen LogP contribution is -2.53. The molecule has 2 aliphatic rings. The number of alkyl halides is 2. The van der Waals surface area contributed by atoms with Crippen LogP contribution in [0.3, 0.4) is 0 Å². The van der Waals surface area contributed by atoms with E-state index < -0.39 is 71.3 Å². The number of amides is 1. The van der Waals surface area contributed by atoms with Crippen molar-refractivity contribution in [1.82, 2.24) is 19.4 Å². The number of hydrogen-bond donors (Lipinski definition) is 0. The Hall–Kier alpha value is -4.53. The van der Waals surface area contributed by atoms with Gasteiger partial charge in [-0.3, -0.25) is 14.4 Å². The van der Waals surface area contributed by atoms with Crippen LogP contribution in [0.4, 0.5) is 18.0 Å². The summed E-state index contributed by atoms with van der Waals surface area (Å²) >= 11 is 0. The molecule has 0 spiro atoms. The van der Waals surface area contributed by atoms with Crippen LogP contribution < -0.4 is 0 Å². The van der Waals surface area contributed by atoms with Crippen LogP contribution in [0.15, 0.2) is 24.7 Å². The number of aryl methyl sites for hydroxylation is 1. The summed E-state index contributed by atoms with van der Waals surface area (Å²) in [5, 5.41) is 0.623. The highest BCUT2D eigenvalue weighted by atomic mass is 19.3. The Morgan fingerprint density at radius 3 is 2.43 bits per heavy atom. The van der Waals surface area contributed by atoms with Crippen LogP contribution in [0.25, 0.3) is 11.0 Å². The number of hydrogen-bond acceptors (Lipinski definition) is 10. The van der Waals surface area contributed by atoms with Gasteiger partial charge in [0.1, 0.15) is 23.4 Å². The molecular formula is C32H35F3N4O8. The summed E-state index contributed by atoms with van der Waals surface area (Å²) in [5.41, 5.74) is -3.46. The number of Topliss-reactive ketones (excluding diaryl/α,β-unsaturated/α-hetero) is 1. The zero-order valence-electron chi connectivity index (χ0n) is 26.9. The van der Waals surface area contributed by atoms with Crippen LogP contribution in [0.1, 0.15) is 86.9 Å². The zero-order valence-corrected chi connectivity index (χ0v) is 26.9. The maximum atomic E-state index is 15.5. The second-order valence-electron chi connectivity index (χ2n) is 12.7. The minimum absolute atomic E-state index is 0.0231. The van der Waals surface area contributed by atoms with Crippen LogP contribution >= 0.6 is 0 Å². The first-order chi connectivity index (χ1) is 21.9. The monoisotopic (exact) mass is 660 g/mol. The summed E-state index contributed by atoms with van der Waals surface area (Å²) < 4.78 is 68.3. The maximum absolute atomic E-state index is 15.5. The number of benzene rings is 1. The lowest BCUT2D eigenvalue weighted by molar-refractivity contribution is -0.179. The molecule has 0 aliphatic carbocycles. The quantitative estimate of drug-likeness (QED) is 0.198. The summed E-state index contributed by atoms with van der Waals surface area (Å²) in [5.74, 6) is -3.79. The molecule has 2 aliphatic heterocycles. The first-order valence-corrected chi connectivity index (χ1v) is 14.9. The van der Waals surface area contributed by atoms with Gasteiger partial charge in [-0.2, -0.15) is 0 Å². The van der Waals surface area contributed by atoms with E-state index in [1.54, 1.807) is 40.0 Å². The molecule has 2 aromatic heterocycles. The van der Waals surface area contributed by atoms with Crippen molar-refractivity contribution in [2.75, 3.05) is 6.54 Å². The van der Waals surface area contributed by atoms with Crippen molar-refractivity contribution in [2.24, 2.45) is 0 Å². The van der Waals surface area contributed by atoms with Crippen molar-refractivity contribution in [3.05, 3.63) is 58.4 Å². The largest absolute Gasteiger partial charge is 0.453 e. The second-order valence-corrected chi connectivity index (χ2v) is 12.7. The summed E-state index contributed by atoms with van der Waals surface area (Å²) in [7, 11) is 0. The fourth-order valence-electron chi connectivity index (χ4n) is 6.13. The summed E-state index contributed by atoms with van der Waals surface area (Å²) in [6.07, 6.45) is -5.81. The van der Waals surface area contributed by atoms with E-state index in [-0.39, 0.29) is 36.2 Å². The molecule has 252 valence electrons. The molecule has 15 heteroatoms. The van der Waals surface area contributed by atoms with Crippen molar-refractivity contribution in [3.63, 3.8) is 0 Å². The highest BCUT2D eigenvalue weighted by Crippen LogP contribution is 2.45. The second kappa shape index (κ2) is 12.2. The third-order valence-corrected chi connectivity index (χ3v) is 8.14. The number of carbonyl (C=O) groups excluding carboxylic acids is 4. The lowest BCUT2D eigenvalue weighted by atomic mass is 9.84. The third kappa shape index (κ3) is 6.27. The molecule has 0 saturated carbocycles. The number of esters is 2. The fourth-order valence-corrected chi connectivity index (χ4v) is 6.13. The van der Waals surface area contributed by atoms with Crippen molar-refractivity contribution in [2.45, 2.75) is 97.5 Å². The number of aromatic nitrogens is 3. The number of halogens is 3. The van der Waals surface area contributed by atoms with E-state index in [0.717, 1.165) is 19.9 Å². The molecule has 0 N–H and O–H groups in total. The topological polar surface area (TPSA) is 139 Å². The lowest BCUT2D eigenvalue weighted by Gasteiger charge is -2.35. The number of ketones is 1. The van der Waals surface area contributed by atoms with Gasteiger partial charge >= 0.3 is 18.0 Å². The highest BCUT2D eigenvalue weighted by molar-refractivity contribution is 6.03. The normalized spacial score (nSPS) is 22.7. The smallest absolute Gasteiger partial charge is 0.410 e. The number of ether oxygens (including phenoxy) is 4. The van der Waals surface area contributed by atoms with E-state index in [4.69, 9.17) is 18.9 Å². The summed E-state index contributed by atoms with van der Waals surface area (Å²) in [6.45, 7) is 9.89. The first-order valence-electron chi connectivity index (χ1n) is 14.9. The van der Waals surface area contributed by atoms with Gasteiger partial charge in [0.05, 0.1) is 17.8 Å². The van der Waals surface area contributed by atoms with Gasteiger partial charge in [-0.1, -0.05) is 0 Å². The molecule has 5 rings (SSSR count). The Balaban J connectivity index is 1.66. The molecule has 0 bridgehead atoms. The Morgan fingerprint density at radius 2 is 1.81 bits per heavy atom. The molecule has 1 aromatic carbocycles. The van der Waals surface area contributed by atoms with Crippen molar-refractivity contribution in [1.29, 1.82) is 0 Å². The van der Waals surface area contributed by atoms with E-state index >= 15 is 4.39 Å². The minimum Gasteiger partial charge on any atom is -0.453 e. The number of fused-ring (bicyclic) bond motifs is 2.